The molecule has 0 amide bonds. The Labute approximate surface area is 113 Å². The van der Waals surface area contributed by atoms with Crippen LogP contribution in [-0.4, -0.2) is 48.1 Å². The largest absolute Gasteiger partial charge is 0.369 e. The van der Waals surface area contributed by atoms with E-state index in [1.165, 1.54) is 12.8 Å². The summed E-state index contributed by atoms with van der Waals surface area (Å²) < 4.78 is 24.8. The van der Waals surface area contributed by atoms with Gasteiger partial charge in [-0.25, -0.2) is 22.7 Å². The molecule has 2 heterocycles. The topological polar surface area (TPSA) is 75.2 Å². The van der Waals surface area contributed by atoms with Crippen LogP contribution in [0.15, 0.2) is 12.3 Å². The lowest BCUT2D eigenvalue weighted by molar-refractivity contribution is 0.456. The van der Waals surface area contributed by atoms with Crippen molar-refractivity contribution in [2.75, 3.05) is 30.7 Å². The van der Waals surface area contributed by atoms with E-state index in [1.54, 1.807) is 10.5 Å². The van der Waals surface area contributed by atoms with Crippen LogP contribution >= 0.6 is 0 Å². The fraction of sp³-hybridized carbons (Fsp3) is 0.667. The number of sulfonamides is 1. The number of aromatic nitrogens is 2. The molecule has 104 valence electrons. The van der Waals surface area contributed by atoms with E-state index in [0.717, 1.165) is 18.1 Å². The average Bonchev–Trinajstić information content (AvgIpc) is 3.17. The molecule has 0 atom stereocenters. The first-order valence-electron chi connectivity index (χ1n) is 6.70. The van der Waals surface area contributed by atoms with Crippen molar-refractivity contribution in [2.45, 2.75) is 25.2 Å². The summed E-state index contributed by atoms with van der Waals surface area (Å²) >= 11 is 0. The second kappa shape index (κ2) is 5.05. The van der Waals surface area contributed by atoms with Gasteiger partial charge in [-0.2, -0.15) is 0 Å². The van der Waals surface area contributed by atoms with Gasteiger partial charge in [0, 0.05) is 31.7 Å². The van der Waals surface area contributed by atoms with Crippen LogP contribution < -0.4 is 5.32 Å². The Hall–Kier alpha value is -1.21. The molecule has 2 fully saturated rings. The van der Waals surface area contributed by atoms with Gasteiger partial charge in [0.2, 0.25) is 10.0 Å². The first-order valence-corrected chi connectivity index (χ1v) is 8.31. The zero-order chi connectivity index (χ0) is 13.3. The highest BCUT2D eigenvalue weighted by Gasteiger charge is 2.28. The van der Waals surface area contributed by atoms with Crippen molar-refractivity contribution in [3.8, 4) is 0 Å². The van der Waals surface area contributed by atoms with E-state index in [9.17, 15) is 8.42 Å². The molecule has 2 aliphatic rings. The van der Waals surface area contributed by atoms with Gasteiger partial charge in [-0.3, -0.25) is 0 Å². The second-order valence-electron chi connectivity index (χ2n) is 5.07. The first-order chi connectivity index (χ1) is 9.15. The summed E-state index contributed by atoms with van der Waals surface area (Å²) in [6.07, 6.45) is 4.85. The minimum Gasteiger partial charge on any atom is -0.369 e. The van der Waals surface area contributed by atoms with E-state index in [0.29, 0.717) is 25.6 Å². The fourth-order valence-corrected chi connectivity index (χ4v) is 3.79. The maximum atomic E-state index is 11.6. The van der Waals surface area contributed by atoms with Gasteiger partial charge >= 0.3 is 0 Å². The first kappa shape index (κ1) is 12.8. The number of nitrogens with zero attached hydrogens (tertiary/aromatic N) is 3. The molecule has 0 bridgehead atoms. The molecule has 19 heavy (non-hydrogen) atoms. The van der Waals surface area contributed by atoms with Gasteiger partial charge in [0.05, 0.1) is 5.75 Å². The third-order valence-electron chi connectivity index (χ3n) is 3.49. The second-order valence-corrected chi connectivity index (χ2v) is 7.16. The zero-order valence-electron chi connectivity index (χ0n) is 10.7. The van der Waals surface area contributed by atoms with Gasteiger partial charge in [0.25, 0.3) is 0 Å². The van der Waals surface area contributed by atoms with Crippen molar-refractivity contribution >= 4 is 15.8 Å². The van der Waals surface area contributed by atoms with Gasteiger partial charge in [-0.1, -0.05) is 0 Å². The van der Waals surface area contributed by atoms with Crippen LogP contribution in [0.1, 0.15) is 31.0 Å². The molecule has 1 saturated heterocycles. The lowest BCUT2D eigenvalue weighted by Gasteiger charge is -2.14. The fourth-order valence-electron chi connectivity index (χ4n) is 2.26. The van der Waals surface area contributed by atoms with Crippen LogP contribution in [0.3, 0.4) is 0 Å². The highest BCUT2D eigenvalue weighted by molar-refractivity contribution is 7.89. The summed E-state index contributed by atoms with van der Waals surface area (Å²) in [6, 6.07) is 1.82. The van der Waals surface area contributed by atoms with Gasteiger partial charge in [-0.05, 0) is 25.3 Å². The molecule has 6 nitrogen and oxygen atoms in total. The zero-order valence-corrected chi connectivity index (χ0v) is 11.6. The summed E-state index contributed by atoms with van der Waals surface area (Å²) in [5.74, 6) is 2.50. The Morgan fingerprint density at radius 2 is 2.26 bits per heavy atom. The Kier molecular flexibility index (Phi) is 3.40. The third-order valence-corrected chi connectivity index (χ3v) is 5.44. The van der Waals surface area contributed by atoms with Crippen LogP contribution in [0.2, 0.25) is 0 Å². The lowest BCUT2D eigenvalue weighted by Crippen LogP contribution is -2.30. The smallest absolute Gasteiger partial charge is 0.214 e. The van der Waals surface area contributed by atoms with Gasteiger partial charge in [0.15, 0.2) is 0 Å². The van der Waals surface area contributed by atoms with Crippen molar-refractivity contribution in [3.05, 3.63) is 18.1 Å². The molecule has 1 N–H and O–H groups in total. The predicted molar refractivity (Wildman–Crippen MR) is 72.5 cm³/mol. The molecule has 7 heteroatoms. The molecule has 1 aliphatic heterocycles. The van der Waals surface area contributed by atoms with Gasteiger partial charge < -0.3 is 5.32 Å². The van der Waals surface area contributed by atoms with Crippen molar-refractivity contribution in [3.63, 3.8) is 0 Å². The number of rotatable bonds is 5. The van der Waals surface area contributed by atoms with Crippen LogP contribution in [0.25, 0.3) is 0 Å². The van der Waals surface area contributed by atoms with Gasteiger partial charge in [0.1, 0.15) is 11.6 Å². The molecule has 0 radical (unpaired) electrons. The number of hydrogen-bond donors (Lipinski definition) is 1. The molecular weight excluding hydrogens is 264 g/mol. The van der Waals surface area contributed by atoms with E-state index in [-0.39, 0.29) is 5.75 Å². The molecule has 0 unspecified atom stereocenters. The van der Waals surface area contributed by atoms with Gasteiger partial charge in [-0.15, -0.1) is 0 Å². The minimum absolute atomic E-state index is 0.284. The monoisotopic (exact) mass is 282 g/mol. The van der Waals surface area contributed by atoms with E-state index < -0.39 is 10.0 Å². The molecule has 3 rings (SSSR count). The Balaban J connectivity index is 1.53. The van der Waals surface area contributed by atoms with Crippen LogP contribution in [-0.2, 0) is 10.0 Å². The van der Waals surface area contributed by atoms with E-state index in [2.05, 4.69) is 15.3 Å². The minimum atomic E-state index is -2.99. The molecule has 1 aliphatic carbocycles. The molecule has 0 spiro atoms. The summed E-state index contributed by atoms with van der Waals surface area (Å²) in [6.45, 7) is 1.73. The van der Waals surface area contributed by atoms with Crippen LogP contribution in [0, 0.1) is 0 Å². The van der Waals surface area contributed by atoms with E-state index >= 15 is 0 Å². The number of hydrogen-bond acceptors (Lipinski definition) is 5. The molecule has 1 saturated carbocycles. The highest BCUT2D eigenvalue weighted by atomic mass is 32.2. The summed E-state index contributed by atoms with van der Waals surface area (Å²) in [7, 11) is -2.99. The van der Waals surface area contributed by atoms with Crippen LogP contribution in [0.5, 0.6) is 0 Å². The third kappa shape index (κ3) is 3.03. The van der Waals surface area contributed by atoms with Crippen molar-refractivity contribution in [1.82, 2.24) is 14.3 Å². The molecule has 1 aromatic rings. The average molecular weight is 282 g/mol. The van der Waals surface area contributed by atoms with E-state index in [4.69, 9.17) is 0 Å². The van der Waals surface area contributed by atoms with Crippen molar-refractivity contribution in [1.29, 1.82) is 0 Å². The standard InChI is InChI=1S/C12H18N4O2S/c17-19(18)9-1-7-16(19)8-6-13-11-4-5-14-12(15-11)10-2-3-10/h4-5,10H,1-3,6-9H2,(H,13,14,15). The maximum Gasteiger partial charge on any atom is 0.214 e. The molecule has 0 aromatic carbocycles. The number of nitrogens with one attached hydrogen (secondary N) is 1. The Bertz CT molecular complexity index is 557. The van der Waals surface area contributed by atoms with Crippen molar-refractivity contribution in [2.24, 2.45) is 0 Å². The summed E-state index contributed by atoms with van der Waals surface area (Å²) in [5.41, 5.74) is 0. The SMILES string of the molecule is O=S1(=O)CCCN1CCNc1ccnc(C2CC2)n1. The summed E-state index contributed by atoms with van der Waals surface area (Å²) in [4.78, 5) is 8.70. The van der Waals surface area contributed by atoms with Crippen molar-refractivity contribution < 1.29 is 8.42 Å². The molecular formula is C12H18N4O2S. The summed E-state index contributed by atoms with van der Waals surface area (Å²) in [5, 5.41) is 3.18. The quantitative estimate of drug-likeness (QED) is 0.864. The predicted octanol–water partition coefficient (Wildman–Crippen LogP) is 0.801. The van der Waals surface area contributed by atoms with Crippen LogP contribution in [0.4, 0.5) is 5.82 Å². The highest BCUT2D eigenvalue weighted by Crippen LogP contribution is 2.37. The van der Waals surface area contributed by atoms with E-state index in [1.807, 2.05) is 6.07 Å². The Morgan fingerprint density at radius 3 is 2.95 bits per heavy atom. The normalized spacial score (nSPS) is 22.5. The number of anilines is 1. The Morgan fingerprint density at radius 1 is 1.42 bits per heavy atom. The maximum absolute atomic E-state index is 11.6. The molecule has 1 aromatic heterocycles. The lowest BCUT2D eigenvalue weighted by atomic mass is 10.4.